The molecule has 4 N–H and O–H groups in total. The van der Waals surface area contributed by atoms with Gasteiger partial charge in [-0.3, -0.25) is 0 Å². The zero-order chi connectivity index (χ0) is 16.4. The van der Waals surface area contributed by atoms with Crippen molar-refractivity contribution < 1.29 is 19.1 Å². The van der Waals surface area contributed by atoms with Crippen molar-refractivity contribution >= 4 is 24.3 Å². The first-order valence-electron chi connectivity index (χ1n) is 7.42. The molecule has 7 heteroatoms. The number of nitrogens with two attached hydrogens (primary N) is 2. The van der Waals surface area contributed by atoms with E-state index in [1.807, 2.05) is 30.3 Å². The zero-order valence-electron chi connectivity index (χ0n) is 13.3. The number of carbonyl (C=O) groups excluding carboxylic acids is 2. The van der Waals surface area contributed by atoms with E-state index in [1.54, 1.807) is 6.92 Å². The van der Waals surface area contributed by atoms with E-state index >= 15 is 0 Å². The lowest BCUT2D eigenvalue weighted by atomic mass is 9.93. The predicted octanol–water partition coefficient (Wildman–Crippen LogP) is 1.54. The van der Waals surface area contributed by atoms with E-state index in [0.29, 0.717) is 19.4 Å². The van der Waals surface area contributed by atoms with Crippen LogP contribution >= 0.6 is 12.4 Å². The van der Waals surface area contributed by atoms with Crippen molar-refractivity contribution in [2.24, 2.45) is 11.5 Å². The second-order valence-corrected chi connectivity index (χ2v) is 5.00. The number of esters is 2. The first-order chi connectivity index (χ1) is 10.5. The normalized spacial score (nSPS) is 12.7. The summed E-state index contributed by atoms with van der Waals surface area (Å²) in [5, 5.41) is 0. The van der Waals surface area contributed by atoms with Crippen LogP contribution in [0.2, 0.25) is 0 Å². The number of carbonyl (C=O) groups is 2. The van der Waals surface area contributed by atoms with Gasteiger partial charge in [-0.2, -0.15) is 0 Å². The topological polar surface area (TPSA) is 105 Å². The Kier molecular flexibility index (Phi) is 10.2. The fourth-order valence-electron chi connectivity index (χ4n) is 1.95. The molecule has 0 aromatic heterocycles. The van der Waals surface area contributed by atoms with Crippen LogP contribution in [0.3, 0.4) is 0 Å². The third kappa shape index (κ3) is 6.56. The molecule has 0 heterocycles. The Bertz CT molecular complexity index is 484. The Morgan fingerprint density at radius 1 is 1.09 bits per heavy atom. The van der Waals surface area contributed by atoms with E-state index < -0.39 is 17.5 Å². The highest BCUT2D eigenvalue weighted by molar-refractivity contribution is 6.04. The van der Waals surface area contributed by atoms with E-state index in [2.05, 4.69) is 0 Å². The number of hydrogen-bond donors (Lipinski definition) is 2. The van der Waals surface area contributed by atoms with Crippen LogP contribution in [-0.4, -0.2) is 30.6 Å². The maximum atomic E-state index is 12.3. The summed E-state index contributed by atoms with van der Waals surface area (Å²) in [5.41, 5.74) is 10.5. The highest BCUT2D eigenvalue weighted by atomic mass is 35.5. The third-order valence-electron chi connectivity index (χ3n) is 3.24. The van der Waals surface area contributed by atoms with Crippen LogP contribution in [-0.2, 0) is 25.7 Å². The molecule has 0 aliphatic carbocycles. The SMILES string of the molecule is CCOC(=O)[C@@](N)(CCCCN)C(=O)OCc1ccccc1.Cl. The molecule has 0 spiro atoms. The highest BCUT2D eigenvalue weighted by Crippen LogP contribution is 2.17. The molecule has 1 atom stereocenters. The molecule has 0 saturated carbocycles. The fraction of sp³-hybridized carbons (Fsp3) is 0.500. The van der Waals surface area contributed by atoms with Crippen molar-refractivity contribution in [2.45, 2.75) is 38.3 Å². The number of ether oxygens (including phenoxy) is 2. The van der Waals surface area contributed by atoms with Gasteiger partial charge >= 0.3 is 11.9 Å². The maximum absolute atomic E-state index is 12.3. The van der Waals surface area contributed by atoms with Gasteiger partial charge in [0.2, 0.25) is 5.54 Å². The molecule has 6 nitrogen and oxygen atoms in total. The molecule has 0 aliphatic rings. The standard InChI is InChI=1S/C16H24N2O4.ClH/c1-2-21-14(19)16(18,10-6-7-11-17)15(20)22-12-13-8-4-3-5-9-13;/h3-5,8-9H,2,6-7,10-12,17-18H2,1H3;1H/t16-;/m0./s1. The van der Waals surface area contributed by atoms with Gasteiger partial charge in [0.25, 0.3) is 0 Å². The Labute approximate surface area is 142 Å². The molecule has 1 aromatic carbocycles. The van der Waals surface area contributed by atoms with Gasteiger partial charge in [0.15, 0.2) is 0 Å². The lowest BCUT2D eigenvalue weighted by Crippen LogP contribution is -2.56. The van der Waals surface area contributed by atoms with Gasteiger partial charge in [-0.1, -0.05) is 30.3 Å². The lowest BCUT2D eigenvalue weighted by Gasteiger charge is -2.25. The first-order valence-corrected chi connectivity index (χ1v) is 7.42. The average Bonchev–Trinajstić information content (AvgIpc) is 2.53. The number of benzene rings is 1. The number of rotatable bonds is 9. The Balaban J connectivity index is 0.00000484. The largest absolute Gasteiger partial charge is 0.464 e. The number of hydrogen-bond acceptors (Lipinski definition) is 6. The van der Waals surface area contributed by atoms with E-state index in [4.69, 9.17) is 20.9 Å². The second-order valence-electron chi connectivity index (χ2n) is 5.00. The summed E-state index contributed by atoms with van der Waals surface area (Å²) in [5.74, 6) is -1.53. The molecule has 0 bridgehead atoms. The summed E-state index contributed by atoms with van der Waals surface area (Å²) >= 11 is 0. The molecule has 130 valence electrons. The van der Waals surface area contributed by atoms with Crippen LogP contribution in [0.5, 0.6) is 0 Å². The molecular weight excluding hydrogens is 320 g/mol. The van der Waals surface area contributed by atoms with Crippen molar-refractivity contribution in [2.75, 3.05) is 13.2 Å². The Morgan fingerprint density at radius 2 is 1.70 bits per heavy atom. The average molecular weight is 345 g/mol. The Hall–Kier alpha value is -1.63. The first kappa shape index (κ1) is 21.4. The van der Waals surface area contributed by atoms with Gasteiger partial charge in [0, 0.05) is 0 Å². The second kappa shape index (κ2) is 11.0. The van der Waals surface area contributed by atoms with E-state index in [0.717, 1.165) is 5.56 Å². The van der Waals surface area contributed by atoms with Crippen molar-refractivity contribution in [1.82, 2.24) is 0 Å². The summed E-state index contributed by atoms with van der Waals surface area (Å²) in [6, 6.07) is 9.19. The van der Waals surface area contributed by atoms with E-state index in [-0.39, 0.29) is 32.0 Å². The third-order valence-corrected chi connectivity index (χ3v) is 3.24. The fourth-order valence-corrected chi connectivity index (χ4v) is 1.95. The molecule has 0 fully saturated rings. The molecule has 1 rings (SSSR count). The van der Waals surface area contributed by atoms with Gasteiger partial charge in [-0.15, -0.1) is 12.4 Å². The van der Waals surface area contributed by atoms with Crippen LogP contribution in [0.1, 0.15) is 31.7 Å². The summed E-state index contributed by atoms with van der Waals surface area (Å²) in [6.45, 7) is 2.35. The van der Waals surface area contributed by atoms with Crippen molar-refractivity contribution in [3.05, 3.63) is 35.9 Å². The molecule has 0 radical (unpaired) electrons. The molecule has 23 heavy (non-hydrogen) atoms. The van der Waals surface area contributed by atoms with Gasteiger partial charge < -0.3 is 20.9 Å². The molecule has 0 saturated heterocycles. The van der Waals surface area contributed by atoms with Crippen LogP contribution in [0.25, 0.3) is 0 Å². The molecule has 0 unspecified atom stereocenters. The molecular formula is C16H25ClN2O4. The number of halogens is 1. The molecule has 0 amide bonds. The molecule has 1 aromatic rings. The van der Waals surface area contributed by atoms with E-state index in [1.165, 1.54) is 0 Å². The minimum Gasteiger partial charge on any atom is -0.464 e. The smallest absolute Gasteiger partial charge is 0.338 e. The zero-order valence-corrected chi connectivity index (χ0v) is 14.1. The summed E-state index contributed by atoms with van der Waals surface area (Å²) in [6.07, 6.45) is 1.37. The van der Waals surface area contributed by atoms with Crippen LogP contribution in [0.4, 0.5) is 0 Å². The monoisotopic (exact) mass is 344 g/mol. The summed E-state index contributed by atoms with van der Waals surface area (Å²) in [7, 11) is 0. The predicted molar refractivity (Wildman–Crippen MR) is 89.9 cm³/mol. The minimum atomic E-state index is -1.78. The van der Waals surface area contributed by atoms with Gasteiger partial charge in [-0.25, -0.2) is 9.59 Å². The van der Waals surface area contributed by atoms with Gasteiger partial charge in [0.05, 0.1) is 6.61 Å². The van der Waals surface area contributed by atoms with Crippen molar-refractivity contribution in [3.8, 4) is 0 Å². The summed E-state index contributed by atoms with van der Waals surface area (Å²) < 4.78 is 10.1. The maximum Gasteiger partial charge on any atom is 0.338 e. The minimum absolute atomic E-state index is 0. The van der Waals surface area contributed by atoms with Gasteiger partial charge in [-0.05, 0) is 38.3 Å². The lowest BCUT2D eigenvalue weighted by molar-refractivity contribution is -0.165. The van der Waals surface area contributed by atoms with Crippen molar-refractivity contribution in [1.29, 1.82) is 0 Å². The van der Waals surface area contributed by atoms with Crippen LogP contribution in [0, 0.1) is 0 Å². The highest BCUT2D eigenvalue weighted by Gasteiger charge is 2.44. The van der Waals surface area contributed by atoms with E-state index in [9.17, 15) is 9.59 Å². The summed E-state index contributed by atoms with van der Waals surface area (Å²) in [4.78, 5) is 24.3. The van der Waals surface area contributed by atoms with Crippen LogP contribution < -0.4 is 11.5 Å². The quantitative estimate of drug-likeness (QED) is 0.400. The number of unbranched alkanes of at least 4 members (excludes halogenated alkanes) is 1. The van der Waals surface area contributed by atoms with Gasteiger partial charge in [0.1, 0.15) is 6.61 Å². The molecule has 0 aliphatic heterocycles. The Morgan fingerprint density at radius 3 is 2.26 bits per heavy atom. The van der Waals surface area contributed by atoms with Crippen LogP contribution in [0.15, 0.2) is 30.3 Å². The van der Waals surface area contributed by atoms with Crippen molar-refractivity contribution in [3.63, 3.8) is 0 Å².